The van der Waals surface area contributed by atoms with Crippen LogP contribution >= 0.6 is 0 Å². The number of hydrogen-bond donors (Lipinski definition) is 1. The summed E-state index contributed by atoms with van der Waals surface area (Å²) >= 11 is 0. The Morgan fingerprint density at radius 1 is 1.00 bits per heavy atom. The fourth-order valence-corrected chi connectivity index (χ4v) is 4.12. The number of methoxy groups -OCH3 is 1. The maximum Gasteiger partial charge on any atom is 0.330 e. The first-order valence-electron chi connectivity index (χ1n) is 11.4. The van der Waals surface area contributed by atoms with Gasteiger partial charge in [-0.25, -0.2) is 4.79 Å². The molecule has 34 heavy (non-hydrogen) atoms. The van der Waals surface area contributed by atoms with E-state index in [1.54, 1.807) is 20.1 Å². The Balaban J connectivity index is 1.86. The molecular weight excluding hydrogens is 424 g/mol. The van der Waals surface area contributed by atoms with Gasteiger partial charge < -0.3 is 9.47 Å². The Labute approximate surface area is 199 Å². The molecule has 0 aliphatic heterocycles. The van der Waals surface area contributed by atoms with Crippen LogP contribution in [0.5, 0.6) is 5.75 Å². The zero-order chi connectivity index (χ0) is 23.9. The lowest BCUT2D eigenvalue weighted by Gasteiger charge is -2.18. The molecule has 0 amide bonds. The van der Waals surface area contributed by atoms with Crippen LogP contribution in [0.25, 0.3) is 28.1 Å². The number of hydrogen-bond acceptors (Lipinski definition) is 4. The van der Waals surface area contributed by atoms with Crippen molar-refractivity contribution in [1.82, 2.24) is 10.2 Å². The highest BCUT2D eigenvalue weighted by atomic mass is 16.5. The number of para-hydroxylation sites is 1. The molecule has 0 unspecified atom stereocenters. The summed E-state index contributed by atoms with van der Waals surface area (Å²) in [5, 5.41) is 8.26. The van der Waals surface area contributed by atoms with Gasteiger partial charge >= 0.3 is 5.97 Å². The second-order valence-electron chi connectivity index (χ2n) is 7.79. The van der Waals surface area contributed by atoms with Crippen LogP contribution in [-0.4, -0.2) is 29.9 Å². The maximum absolute atomic E-state index is 11.7. The molecule has 0 spiro atoms. The molecule has 0 bridgehead atoms. The highest BCUT2D eigenvalue weighted by Crippen LogP contribution is 2.38. The van der Waals surface area contributed by atoms with Crippen molar-refractivity contribution in [3.63, 3.8) is 0 Å². The summed E-state index contributed by atoms with van der Waals surface area (Å²) in [6, 6.07) is 22.7. The Morgan fingerprint density at radius 2 is 1.76 bits per heavy atom. The number of aromatic amines is 1. The minimum Gasteiger partial charge on any atom is -0.496 e. The molecule has 5 heteroatoms. The second-order valence-corrected chi connectivity index (χ2v) is 7.79. The van der Waals surface area contributed by atoms with Crippen LogP contribution in [0.3, 0.4) is 0 Å². The molecule has 1 heterocycles. The first-order chi connectivity index (χ1) is 16.6. The third-order valence-electron chi connectivity index (χ3n) is 5.71. The highest BCUT2D eigenvalue weighted by Gasteiger charge is 2.16. The van der Waals surface area contributed by atoms with Gasteiger partial charge in [-0.05, 0) is 65.5 Å². The zero-order valence-corrected chi connectivity index (χ0v) is 19.7. The number of H-pyrrole nitrogens is 1. The van der Waals surface area contributed by atoms with Crippen LogP contribution < -0.4 is 4.74 Å². The lowest BCUT2D eigenvalue weighted by Crippen LogP contribution is -1.99. The van der Waals surface area contributed by atoms with Gasteiger partial charge in [-0.2, -0.15) is 5.10 Å². The van der Waals surface area contributed by atoms with Gasteiger partial charge in [0.05, 0.1) is 25.4 Å². The molecule has 1 aromatic heterocycles. The molecule has 0 fully saturated rings. The van der Waals surface area contributed by atoms with E-state index in [9.17, 15) is 4.79 Å². The molecule has 0 radical (unpaired) electrons. The number of ether oxygens (including phenoxy) is 2. The molecule has 4 aromatic rings. The van der Waals surface area contributed by atoms with Gasteiger partial charge in [0.15, 0.2) is 0 Å². The molecule has 0 aliphatic rings. The van der Waals surface area contributed by atoms with E-state index < -0.39 is 0 Å². The van der Waals surface area contributed by atoms with Gasteiger partial charge in [0.1, 0.15) is 5.75 Å². The van der Waals surface area contributed by atoms with E-state index in [1.807, 2.05) is 36.5 Å². The summed E-state index contributed by atoms with van der Waals surface area (Å²) in [5.41, 5.74) is 7.51. The summed E-state index contributed by atoms with van der Waals surface area (Å²) < 4.78 is 10.7. The number of allylic oxidation sites excluding steroid dienone is 1. The molecule has 0 atom stereocenters. The van der Waals surface area contributed by atoms with E-state index in [0.29, 0.717) is 6.61 Å². The van der Waals surface area contributed by atoms with Gasteiger partial charge in [0.25, 0.3) is 0 Å². The average molecular weight is 453 g/mol. The standard InChI is InChI=1S/C29H28N2O3/c1-4-24(25-8-6-7-9-27(25)33-3)29(22-15-16-26-23(18-22)19-30-31-26)21-13-10-20(11-14-21)12-17-28(32)34-5-2/h6-19H,4-5H2,1-3H3,(H,30,31)/b17-12+,29-24+. The van der Waals surface area contributed by atoms with Crippen LogP contribution in [-0.2, 0) is 9.53 Å². The number of fused-ring (bicyclic) bond motifs is 1. The number of nitrogens with one attached hydrogen (secondary N) is 1. The van der Waals surface area contributed by atoms with Crippen molar-refractivity contribution in [3.8, 4) is 5.75 Å². The van der Waals surface area contributed by atoms with Crippen LogP contribution in [0.1, 0.15) is 42.5 Å². The molecule has 0 saturated carbocycles. The van der Waals surface area contributed by atoms with Gasteiger partial charge in [0, 0.05) is 17.0 Å². The fourth-order valence-electron chi connectivity index (χ4n) is 4.12. The number of carbonyl (C=O) groups is 1. The Bertz CT molecular complexity index is 1350. The minimum absolute atomic E-state index is 0.343. The van der Waals surface area contributed by atoms with Crippen molar-refractivity contribution >= 4 is 34.1 Å². The molecular formula is C29H28N2O3. The number of carbonyl (C=O) groups excluding carboxylic acids is 1. The summed E-state index contributed by atoms with van der Waals surface area (Å²) in [5.74, 6) is 0.500. The lowest BCUT2D eigenvalue weighted by molar-refractivity contribution is -0.137. The number of nitrogens with zero attached hydrogens (tertiary/aromatic N) is 1. The second kappa shape index (κ2) is 10.7. The van der Waals surface area contributed by atoms with E-state index in [4.69, 9.17) is 9.47 Å². The topological polar surface area (TPSA) is 64.2 Å². The number of esters is 1. The molecule has 5 nitrogen and oxygen atoms in total. The largest absolute Gasteiger partial charge is 0.496 e. The van der Waals surface area contributed by atoms with E-state index in [-0.39, 0.29) is 5.97 Å². The van der Waals surface area contributed by atoms with Crippen LogP contribution in [0, 0.1) is 0 Å². The molecule has 172 valence electrons. The van der Waals surface area contributed by atoms with Crippen molar-refractivity contribution in [3.05, 3.63) is 101 Å². The van der Waals surface area contributed by atoms with Crippen molar-refractivity contribution < 1.29 is 14.3 Å². The molecule has 1 N–H and O–H groups in total. The molecule has 3 aromatic carbocycles. The third-order valence-corrected chi connectivity index (χ3v) is 5.71. The molecule has 4 rings (SSSR count). The smallest absolute Gasteiger partial charge is 0.330 e. The number of benzene rings is 3. The van der Waals surface area contributed by atoms with Crippen molar-refractivity contribution in [2.75, 3.05) is 13.7 Å². The highest BCUT2D eigenvalue weighted by molar-refractivity contribution is 6.01. The van der Waals surface area contributed by atoms with Gasteiger partial charge in [-0.3, -0.25) is 5.10 Å². The summed E-state index contributed by atoms with van der Waals surface area (Å²) in [7, 11) is 1.70. The van der Waals surface area contributed by atoms with Gasteiger partial charge in [-0.1, -0.05) is 55.5 Å². The van der Waals surface area contributed by atoms with Crippen LogP contribution in [0.4, 0.5) is 0 Å². The van der Waals surface area contributed by atoms with E-state index in [0.717, 1.165) is 50.9 Å². The van der Waals surface area contributed by atoms with Crippen molar-refractivity contribution in [2.24, 2.45) is 0 Å². The monoisotopic (exact) mass is 452 g/mol. The number of rotatable bonds is 8. The first-order valence-corrected chi connectivity index (χ1v) is 11.4. The van der Waals surface area contributed by atoms with Crippen LogP contribution in [0.2, 0.25) is 0 Å². The quantitative estimate of drug-likeness (QED) is 0.188. The zero-order valence-electron chi connectivity index (χ0n) is 19.7. The normalized spacial score (nSPS) is 12.1. The predicted octanol–water partition coefficient (Wildman–Crippen LogP) is 6.52. The summed E-state index contributed by atoms with van der Waals surface area (Å²) in [4.78, 5) is 11.7. The summed E-state index contributed by atoms with van der Waals surface area (Å²) in [6.07, 6.45) is 5.89. The Kier molecular flexibility index (Phi) is 7.23. The Hall–Kier alpha value is -4.12. The van der Waals surface area contributed by atoms with E-state index >= 15 is 0 Å². The predicted molar refractivity (Wildman–Crippen MR) is 137 cm³/mol. The van der Waals surface area contributed by atoms with E-state index in [1.165, 1.54) is 11.6 Å². The van der Waals surface area contributed by atoms with Gasteiger partial charge in [0.2, 0.25) is 0 Å². The van der Waals surface area contributed by atoms with Crippen LogP contribution in [0.15, 0.2) is 79.0 Å². The SMILES string of the molecule is CCOC(=O)/C=C/c1ccc(/C(=C(/CC)c2ccccc2OC)c2ccc3[nH]ncc3c2)cc1. The fraction of sp³-hybridized carbons (Fsp3) is 0.172. The van der Waals surface area contributed by atoms with Crippen molar-refractivity contribution in [2.45, 2.75) is 20.3 Å². The average Bonchev–Trinajstić information content (AvgIpc) is 3.34. The van der Waals surface area contributed by atoms with E-state index in [2.05, 4.69) is 53.5 Å². The number of aromatic nitrogens is 2. The lowest BCUT2D eigenvalue weighted by atomic mass is 9.87. The molecule has 0 saturated heterocycles. The minimum atomic E-state index is -0.343. The third kappa shape index (κ3) is 4.94. The first kappa shape index (κ1) is 23.1. The molecule has 0 aliphatic carbocycles. The maximum atomic E-state index is 11.7. The summed E-state index contributed by atoms with van der Waals surface area (Å²) in [6.45, 7) is 4.32. The van der Waals surface area contributed by atoms with Gasteiger partial charge in [-0.15, -0.1) is 0 Å². The van der Waals surface area contributed by atoms with Crippen molar-refractivity contribution in [1.29, 1.82) is 0 Å². The Morgan fingerprint density at radius 3 is 2.50 bits per heavy atom.